The highest BCUT2D eigenvalue weighted by atomic mass is 32.2. The van der Waals surface area contributed by atoms with Gasteiger partial charge < -0.3 is 4.90 Å². The Balaban J connectivity index is 2.06. The van der Waals surface area contributed by atoms with Crippen LogP contribution in [0.4, 0.5) is 11.4 Å². The van der Waals surface area contributed by atoms with Crippen LogP contribution in [-0.4, -0.2) is 47.3 Å². The van der Waals surface area contributed by atoms with E-state index in [0.29, 0.717) is 18.8 Å². The molecule has 0 aliphatic carbocycles. The van der Waals surface area contributed by atoms with Gasteiger partial charge in [0.05, 0.1) is 21.2 Å². The molecule has 0 radical (unpaired) electrons. The minimum atomic E-state index is -3.86. The number of hydrogen-bond acceptors (Lipinski definition) is 5. The third kappa shape index (κ3) is 4.63. The molecule has 164 valence electrons. The molecule has 30 heavy (non-hydrogen) atoms. The molecule has 1 aliphatic heterocycles. The Labute approximate surface area is 179 Å². The molecule has 0 spiro atoms. The highest BCUT2D eigenvalue weighted by Gasteiger charge is 2.26. The van der Waals surface area contributed by atoms with Gasteiger partial charge in [0.25, 0.3) is 10.0 Å². The first-order valence-electron chi connectivity index (χ1n) is 10.2. The Bertz CT molecular complexity index is 1090. The van der Waals surface area contributed by atoms with Gasteiger partial charge in [0, 0.05) is 26.2 Å². The molecule has 0 unspecified atom stereocenters. The standard InChI is InChI=1S/C21H29N3O4S2/c1-4-24(5-2)30(27,28)19-12-13-21(23-14-6-7-15-23)20(16-19)22-29(25,26)18-10-8-17(3)9-11-18/h8-13,16,22H,4-7,14-15H2,1-3H3. The third-order valence-corrected chi connectivity index (χ3v) is 8.76. The van der Waals surface area contributed by atoms with E-state index >= 15 is 0 Å². The van der Waals surface area contributed by atoms with Crippen molar-refractivity contribution >= 4 is 31.4 Å². The van der Waals surface area contributed by atoms with Crippen molar-refractivity contribution in [1.29, 1.82) is 0 Å². The lowest BCUT2D eigenvalue weighted by Gasteiger charge is -2.24. The second-order valence-electron chi connectivity index (χ2n) is 7.38. The summed E-state index contributed by atoms with van der Waals surface area (Å²) in [6.07, 6.45) is 2.04. The van der Waals surface area contributed by atoms with Crippen LogP contribution in [0.2, 0.25) is 0 Å². The Hall–Kier alpha value is -2.10. The Morgan fingerprint density at radius 2 is 1.47 bits per heavy atom. The summed E-state index contributed by atoms with van der Waals surface area (Å²) in [5.41, 5.74) is 1.94. The van der Waals surface area contributed by atoms with E-state index in [0.717, 1.165) is 31.5 Å². The summed E-state index contributed by atoms with van der Waals surface area (Å²) in [6.45, 7) is 7.75. The maximum atomic E-state index is 13.0. The van der Waals surface area contributed by atoms with Crippen LogP contribution in [0.1, 0.15) is 32.3 Å². The summed E-state index contributed by atoms with van der Waals surface area (Å²) in [7, 11) is -7.57. The quantitative estimate of drug-likeness (QED) is 0.664. The number of anilines is 2. The van der Waals surface area contributed by atoms with Crippen molar-refractivity contribution in [2.45, 2.75) is 43.4 Å². The number of nitrogens with one attached hydrogen (secondary N) is 1. The molecule has 0 amide bonds. The molecule has 0 aromatic heterocycles. The van der Waals surface area contributed by atoms with Gasteiger partial charge in [-0.3, -0.25) is 4.72 Å². The molecule has 9 heteroatoms. The number of benzene rings is 2. The smallest absolute Gasteiger partial charge is 0.261 e. The van der Waals surface area contributed by atoms with Crippen LogP contribution in [0, 0.1) is 6.92 Å². The summed E-state index contributed by atoms with van der Waals surface area (Å²) in [5.74, 6) is 0. The summed E-state index contributed by atoms with van der Waals surface area (Å²) in [5, 5.41) is 0. The summed E-state index contributed by atoms with van der Waals surface area (Å²) in [6, 6.07) is 11.3. The number of rotatable bonds is 8. The molecular weight excluding hydrogens is 422 g/mol. The Kier molecular flexibility index (Phi) is 6.74. The van der Waals surface area contributed by atoms with E-state index in [2.05, 4.69) is 9.62 Å². The zero-order chi connectivity index (χ0) is 21.9. The van der Waals surface area contributed by atoms with E-state index in [1.807, 2.05) is 6.92 Å². The van der Waals surface area contributed by atoms with Gasteiger partial charge in [0.15, 0.2) is 0 Å². The first kappa shape index (κ1) is 22.6. The van der Waals surface area contributed by atoms with Crippen molar-refractivity contribution in [2.75, 3.05) is 35.8 Å². The van der Waals surface area contributed by atoms with E-state index in [4.69, 9.17) is 0 Å². The van der Waals surface area contributed by atoms with Crippen LogP contribution < -0.4 is 9.62 Å². The molecule has 0 atom stereocenters. The second kappa shape index (κ2) is 8.95. The van der Waals surface area contributed by atoms with Gasteiger partial charge in [-0.05, 0) is 50.1 Å². The van der Waals surface area contributed by atoms with Crippen LogP contribution in [0.25, 0.3) is 0 Å². The molecule has 2 aromatic rings. The molecule has 0 bridgehead atoms. The average Bonchev–Trinajstić information content (AvgIpc) is 3.23. The lowest BCUT2D eigenvalue weighted by atomic mass is 10.2. The zero-order valence-corrected chi connectivity index (χ0v) is 19.3. The Morgan fingerprint density at radius 1 is 0.900 bits per heavy atom. The monoisotopic (exact) mass is 451 g/mol. The molecule has 1 fully saturated rings. The van der Waals surface area contributed by atoms with Crippen LogP contribution in [-0.2, 0) is 20.0 Å². The van der Waals surface area contributed by atoms with E-state index < -0.39 is 20.0 Å². The highest BCUT2D eigenvalue weighted by molar-refractivity contribution is 7.92. The van der Waals surface area contributed by atoms with E-state index in [1.54, 1.807) is 50.2 Å². The van der Waals surface area contributed by atoms with E-state index in [1.165, 1.54) is 10.4 Å². The molecule has 1 saturated heterocycles. The largest absolute Gasteiger partial charge is 0.370 e. The first-order chi connectivity index (χ1) is 14.2. The van der Waals surface area contributed by atoms with Crippen molar-refractivity contribution in [3.05, 3.63) is 48.0 Å². The van der Waals surface area contributed by atoms with Crippen molar-refractivity contribution in [3.8, 4) is 0 Å². The fraction of sp³-hybridized carbons (Fsp3) is 0.429. The lowest BCUT2D eigenvalue weighted by Crippen LogP contribution is -2.31. The van der Waals surface area contributed by atoms with Crippen LogP contribution in [0.5, 0.6) is 0 Å². The molecule has 7 nitrogen and oxygen atoms in total. The minimum absolute atomic E-state index is 0.0794. The average molecular weight is 452 g/mol. The maximum absolute atomic E-state index is 13.0. The minimum Gasteiger partial charge on any atom is -0.370 e. The number of nitrogens with zero attached hydrogens (tertiary/aromatic N) is 2. The highest BCUT2D eigenvalue weighted by Crippen LogP contribution is 2.33. The van der Waals surface area contributed by atoms with Gasteiger partial charge in [-0.25, -0.2) is 16.8 Å². The summed E-state index contributed by atoms with van der Waals surface area (Å²) >= 11 is 0. The predicted molar refractivity (Wildman–Crippen MR) is 120 cm³/mol. The zero-order valence-electron chi connectivity index (χ0n) is 17.6. The van der Waals surface area contributed by atoms with Crippen molar-refractivity contribution in [2.24, 2.45) is 0 Å². The molecule has 1 heterocycles. The van der Waals surface area contributed by atoms with E-state index in [9.17, 15) is 16.8 Å². The van der Waals surface area contributed by atoms with Crippen LogP contribution >= 0.6 is 0 Å². The van der Waals surface area contributed by atoms with Crippen LogP contribution in [0.3, 0.4) is 0 Å². The van der Waals surface area contributed by atoms with Crippen LogP contribution in [0.15, 0.2) is 52.3 Å². The van der Waals surface area contributed by atoms with Gasteiger partial charge in [-0.2, -0.15) is 4.31 Å². The molecule has 0 saturated carbocycles. The lowest BCUT2D eigenvalue weighted by molar-refractivity contribution is 0.445. The first-order valence-corrected chi connectivity index (χ1v) is 13.1. The molecule has 1 aliphatic rings. The Morgan fingerprint density at radius 3 is 2.03 bits per heavy atom. The van der Waals surface area contributed by atoms with Gasteiger partial charge in [-0.15, -0.1) is 0 Å². The molecule has 3 rings (SSSR count). The molecule has 2 aromatic carbocycles. The van der Waals surface area contributed by atoms with Gasteiger partial charge in [0.2, 0.25) is 10.0 Å². The summed E-state index contributed by atoms with van der Waals surface area (Å²) in [4.78, 5) is 2.30. The second-order valence-corrected chi connectivity index (χ2v) is 11.0. The number of aryl methyl sites for hydroxylation is 1. The van der Waals surface area contributed by atoms with E-state index in [-0.39, 0.29) is 15.5 Å². The number of hydrogen-bond donors (Lipinski definition) is 1. The maximum Gasteiger partial charge on any atom is 0.261 e. The SMILES string of the molecule is CCN(CC)S(=O)(=O)c1ccc(N2CCCC2)c(NS(=O)(=O)c2ccc(C)cc2)c1. The summed E-state index contributed by atoms with van der Waals surface area (Å²) < 4.78 is 56.0. The fourth-order valence-corrected chi connectivity index (χ4v) is 6.17. The third-order valence-electron chi connectivity index (χ3n) is 5.33. The normalized spacial score (nSPS) is 15.0. The van der Waals surface area contributed by atoms with Gasteiger partial charge >= 0.3 is 0 Å². The van der Waals surface area contributed by atoms with Crippen molar-refractivity contribution in [3.63, 3.8) is 0 Å². The fourth-order valence-electron chi connectivity index (χ4n) is 3.62. The molecule has 1 N–H and O–H groups in total. The van der Waals surface area contributed by atoms with Gasteiger partial charge in [-0.1, -0.05) is 31.5 Å². The number of sulfonamides is 2. The van der Waals surface area contributed by atoms with Crippen molar-refractivity contribution < 1.29 is 16.8 Å². The topological polar surface area (TPSA) is 86.8 Å². The van der Waals surface area contributed by atoms with Crippen molar-refractivity contribution in [1.82, 2.24) is 4.31 Å². The van der Waals surface area contributed by atoms with Gasteiger partial charge in [0.1, 0.15) is 0 Å². The molecular formula is C21H29N3O4S2. The predicted octanol–water partition coefficient (Wildman–Crippen LogP) is 3.43.